The van der Waals surface area contributed by atoms with Gasteiger partial charge in [0.15, 0.2) is 11.6 Å². The maximum absolute atomic E-state index is 6.22. The molecule has 0 saturated heterocycles. The molecule has 0 spiro atoms. The number of fused-ring (bicyclic) bond motifs is 20. The van der Waals surface area contributed by atoms with E-state index in [4.69, 9.17) is 116 Å². The van der Waals surface area contributed by atoms with E-state index in [0.29, 0.717) is 245 Å². The molecule has 0 amide bonds. The molecule has 0 atom stereocenters. The molecular weight excluding hydrogens is 1150 g/mol. The van der Waals surface area contributed by atoms with Crippen LogP contribution < -0.4 is 28.9 Å². The van der Waals surface area contributed by atoms with E-state index < -0.39 is 0 Å². The predicted molar refractivity (Wildman–Crippen MR) is 310 cm³/mol. The number of hydrogen-bond acceptors (Lipinski definition) is 22. The summed E-state index contributed by atoms with van der Waals surface area (Å²) in [5.74, 6) is 3.74. The summed E-state index contributed by atoms with van der Waals surface area (Å²) in [5.41, 5.74) is 4.15. The number of aromatic nitrogens is 8. The van der Waals surface area contributed by atoms with Crippen LogP contribution in [0.2, 0.25) is 0 Å². The molecule has 2 aliphatic rings. The summed E-state index contributed by atoms with van der Waals surface area (Å²) in [6.07, 6.45) is 0. The molecular formula is C60H72N8O16Zn. The third-order valence-corrected chi connectivity index (χ3v) is 12.8. The standard InChI is InChI=1S/C60H72N8O16.Zn/c1-69-13-17-73-21-25-77-29-33-81-41-5-9-45-49(37-41)57-63-53(45)61-54-47-11-7-43(83-35-31-79-27-23-75-19-15-71-3)39-51(47)59(65-54)68-60-52-40-44(84-36-32-80-28-24-76-20-16-72-4)8-12-48(52)56(66-60)62-55-46-10-6-42(38-50(46)58(64-55)67-57)82-34-30-78-26-22-74-18-14-70-2;/h5-12,37-40H,13-36H2,1-4H3;/q-2;+2. The first kappa shape index (κ1) is 64.6. The van der Waals surface area contributed by atoms with E-state index in [-0.39, 0.29) is 45.9 Å². The Labute approximate surface area is 505 Å². The van der Waals surface area contributed by atoms with Crippen LogP contribution in [0.3, 0.4) is 0 Å². The molecule has 3 aromatic heterocycles. The number of hydrogen-bond donors (Lipinski definition) is 0. The largest absolute Gasteiger partial charge is 2.00 e. The second kappa shape index (κ2) is 35.3. The van der Waals surface area contributed by atoms with Gasteiger partial charge in [-0.2, -0.15) is 0 Å². The third kappa shape index (κ3) is 18.8. The van der Waals surface area contributed by atoms with Gasteiger partial charge in [-0.15, -0.1) is 0 Å². The van der Waals surface area contributed by atoms with Gasteiger partial charge in [-0.25, -0.2) is 15.0 Å². The Morgan fingerprint density at radius 2 is 0.518 bits per heavy atom. The van der Waals surface area contributed by atoms with Crippen molar-refractivity contribution in [3.8, 4) is 68.5 Å². The monoisotopic (exact) mass is 1220 g/mol. The van der Waals surface area contributed by atoms with Crippen molar-refractivity contribution < 1.29 is 95.3 Å². The molecule has 8 bridgehead atoms. The van der Waals surface area contributed by atoms with Crippen LogP contribution in [0.1, 0.15) is 0 Å². The molecule has 85 heavy (non-hydrogen) atoms. The summed E-state index contributed by atoms with van der Waals surface area (Å²) in [4.78, 5) is 41.2. The van der Waals surface area contributed by atoms with Gasteiger partial charge in [0.05, 0.1) is 144 Å². The Hall–Kier alpha value is -6.42. The molecule has 0 fully saturated rings. The Morgan fingerprint density at radius 1 is 0.259 bits per heavy atom. The molecule has 450 valence electrons. The van der Waals surface area contributed by atoms with Crippen molar-refractivity contribution in [3.05, 3.63) is 72.8 Å². The molecule has 5 heterocycles. The Kier molecular flexibility index (Phi) is 26.8. The van der Waals surface area contributed by atoms with Crippen LogP contribution in [-0.2, 0) is 76.3 Å². The van der Waals surface area contributed by atoms with Gasteiger partial charge in [-0.05, 0) is 94.3 Å². The maximum Gasteiger partial charge on any atom is 2.00 e. The molecule has 4 aromatic carbocycles. The number of benzene rings is 4. The van der Waals surface area contributed by atoms with Crippen molar-refractivity contribution in [2.45, 2.75) is 0 Å². The zero-order chi connectivity index (χ0) is 58.0. The SMILES string of the molecule is COCCOCCOCCOc1ccc2c(c1)-c1nc3nc(nc4[n-]c(nc5[n-]c(nc-2n1)c1ccc(OCCOCCOCCOC)cc51)c1cc(OCCOCCOCCOC)ccc41)-c1ccc(OCCOCCOCCOC)cc1-3.[Zn+2]. The van der Waals surface area contributed by atoms with E-state index in [0.717, 1.165) is 0 Å². The third-order valence-electron chi connectivity index (χ3n) is 12.8. The first-order chi connectivity index (χ1) is 41.5. The van der Waals surface area contributed by atoms with E-state index in [1.165, 1.54) is 0 Å². The molecule has 25 heteroatoms. The summed E-state index contributed by atoms with van der Waals surface area (Å²) in [6, 6.07) is 22.7. The van der Waals surface area contributed by atoms with Crippen LogP contribution in [0.5, 0.6) is 23.0 Å². The molecule has 7 aromatic rings. The average Bonchev–Trinajstić information content (AvgIpc) is 1.90. The van der Waals surface area contributed by atoms with Gasteiger partial charge in [-0.1, -0.05) is 0 Å². The normalized spacial score (nSPS) is 11.7. The van der Waals surface area contributed by atoms with Gasteiger partial charge in [0, 0.05) is 73.3 Å². The summed E-state index contributed by atoms with van der Waals surface area (Å²) in [5, 5.41) is 2.73. The van der Waals surface area contributed by atoms with Crippen molar-refractivity contribution in [3.63, 3.8) is 0 Å². The summed E-state index contributed by atoms with van der Waals surface area (Å²) in [6.45, 7) is 10.1. The van der Waals surface area contributed by atoms with E-state index >= 15 is 0 Å². The minimum Gasteiger partial charge on any atom is -0.491 e. The van der Waals surface area contributed by atoms with Crippen molar-refractivity contribution >= 4 is 44.1 Å². The van der Waals surface area contributed by atoms with E-state index in [9.17, 15) is 0 Å². The van der Waals surface area contributed by atoms with Crippen LogP contribution >= 0.6 is 0 Å². The Bertz CT molecular complexity index is 3140. The van der Waals surface area contributed by atoms with Gasteiger partial charge in [-0.3, -0.25) is 0 Å². The zero-order valence-electron chi connectivity index (χ0n) is 48.7. The van der Waals surface area contributed by atoms with Crippen molar-refractivity contribution in [2.75, 3.05) is 187 Å². The number of ether oxygens (including phenoxy) is 16. The van der Waals surface area contributed by atoms with Gasteiger partial charge in [0.2, 0.25) is 0 Å². The number of rotatable bonds is 40. The first-order valence-corrected chi connectivity index (χ1v) is 27.9. The van der Waals surface area contributed by atoms with E-state index in [2.05, 4.69) is 0 Å². The molecule has 0 radical (unpaired) electrons. The summed E-state index contributed by atoms with van der Waals surface area (Å²) in [7, 11) is 6.54. The summed E-state index contributed by atoms with van der Waals surface area (Å²) < 4.78 is 90.3. The van der Waals surface area contributed by atoms with Crippen LogP contribution in [0.25, 0.3) is 89.7 Å². The smallest absolute Gasteiger partial charge is 0.491 e. The van der Waals surface area contributed by atoms with Crippen molar-refractivity contribution in [1.82, 2.24) is 39.9 Å². The number of methoxy groups -OCH3 is 4. The Morgan fingerprint density at radius 3 is 0.835 bits per heavy atom. The fourth-order valence-corrected chi connectivity index (χ4v) is 8.67. The van der Waals surface area contributed by atoms with Gasteiger partial charge in [0.1, 0.15) is 49.4 Å². The minimum atomic E-state index is 0. The molecule has 9 rings (SSSR count). The van der Waals surface area contributed by atoms with Crippen molar-refractivity contribution in [1.29, 1.82) is 0 Å². The molecule has 24 nitrogen and oxygen atoms in total. The Balaban J connectivity index is 0.00000940. The minimum absolute atomic E-state index is 0. The quantitative estimate of drug-likeness (QED) is 0.0299. The average molecular weight is 1230 g/mol. The molecule has 0 unspecified atom stereocenters. The van der Waals surface area contributed by atoms with E-state index in [1.807, 2.05) is 72.8 Å². The van der Waals surface area contributed by atoms with Crippen LogP contribution in [0, 0.1) is 0 Å². The predicted octanol–water partition coefficient (Wildman–Crippen LogP) is 6.36. The van der Waals surface area contributed by atoms with E-state index in [1.54, 1.807) is 28.4 Å². The second-order valence-corrected chi connectivity index (χ2v) is 18.6. The van der Waals surface area contributed by atoms with Crippen molar-refractivity contribution in [2.24, 2.45) is 0 Å². The molecule has 0 saturated carbocycles. The van der Waals surface area contributed by atoms with Gasteiger partial charge < -0.3 is 101 Å². The maximum atomic E-state index is 6.22. The molecule has 0 N–H and O–H groups in total. The first-order valence-electron chi connectivity index (χ1n) is 27.9. The number of nitrogens with zero attached hydrogens (tertiary/aromatic N) is 8. The van der Waals surface area contributed by atoms with Gasteiger partial charge in [0.25, 0.3) is 0 Å². The van der Waals surface area contributed by atoms with Crippen LogP contribution in [-0.4, -0.2) is 217 Å². The fourth-order valence-electron chi connectivity index (χ4n) is 8.67. The summed E-state index contributed by atoms with van der Waals surface area (Å²) >= 11 is 0. The second-order valence-electron chi connectivity index (χ2n) is 18.6. The van der Waals surface area contributed by atoms with Crippen LogP contribution in [0.4, 0.5) is 0 Å². The fraction of sp³-hybridized carbons (Fsp3) is 0.467. The van der Waals surface area contributed by atoms with Crippen LogP contribution in [0.15, 0.2) is 72.8 Å². The molecule has 0 aliphatic carbocycles. The van der Waals surface area contributed by atoms with Gasteiger partial charge >= 0.3 is 19.5 Å². The molecule has 2 aliphatic heterocycles. The zero-order valence-corrected chi connectivity index (χ0v) is 51.7. The topological polar surface area (TPSA) is 253 Å².